The fourth-order valence-corrected chi connectivity index (χ4v) is 3.45. The predicted octanol–water partition coefficient (Wildman–Crippen LogP) is 5.14. The summed E-state index contributed by atoms with van der Waals surface area (Å²) in [7, 11) is 0. The molecule has 3 aromatic rings. The number of hydrogen-bond acceptors (Lipinski definition) is 4. The molecule has 1 fully saturated rings. The summed E-state index contributed by atoms with van der Waals surface area (Å²) in [5.41, 5.74) is 1.83. The fourth-order valence-electron chi connectivity index (χ4n) is 3.32. The number of alkyl halides is 3. The van der Waals surface area contributed by atoms with E-state index in [9.17, 15) is 13.2 Å². The molecule has 1 aliphatic heterocycles. The Bertz CT molecular complexity index is 966. The lowest BCUT2D eigenvalue weighted by Gasteiger charge is -2.36. The number of halogens is 4. The monoisotopic (exact) mass is 418 g/mol. The average Bonchev–Trinajstić information content (AvgIpc) is 2.74. The van der Waals surface area contributed by atoms with E-state index in [2.05, 4.69) is 9.97 Å². The second kappa shape index (κ2) is 7.91. The van der Waals surface area contributed by atoms with Crippen molar-refractivity contribution in [3.63, 3.8) is 0 Å². The highest BCUT2D eigenvalue weighted by Gasteiger charge is 2.31. The van der Waals surface area contributed by atoms with Gasteiger partial charge in [0.1, 0.15) is 0 Å². The summed E-state index contributed by atoms with van der Waals surface area (Å²) in [6.45, 7) is 2.47. The van der Waals surface area contributed by atoms with Gasteiger partial charge in [-0.2, -0.15) is 13.2 Å². The number of rotatable bonds is 3. The fraction of sp³-hybridized carbons (Fsp3) is 0.238. The van der Waals surface area contributed by atoms with Gasteiger partial charge in [0, 0.05) is 54.8 Å². The molecular weight excluding hydrogens is 401 g/mol. The highest BCUT2D eigenvalue weighted by molar-refractivity contribution is 6.30. The second-order valence-electron chi connectivity index (χ2n) is 6.80. The molecule has 29 heavy (non-hydrogen) atoms. The standard InChI is InChI=1S/C21H18ClF3N4/c22-18-6-4-15(5-7-18)16-13-26-20(27-14-16)29-10-8-28(9-11-29)19-3-1-2-17(12-19)21(23,24)25/h1-7,12-14H,8-11H2. The molecule has 0 aliphatic carbocycles. The lowest BCUT2D eigenvalue weighted by atomic mass is 10.1. The molecule has 0 atom stereocenters. The van der Waals surface area contributed by atoms with Gasteiger partial charge < -0.3 is 9.80 Å². The van der Waals surface area contributed by atoms with Crippen molar-refractivity contribution >= 4 is 23.2 Å². The summed E-state index contributed by atoms with van der Waals surface area (Å²) >= 11 is 5.92. The number of nitrogens with zero attached hydrogens (tertiary/aromatic N) is 4. The van der Waals surface area contributed by atoms with Crippen molar-refractivity contribution in [3.05, 3.63) is 71.5 Å². The first kappa shape index (κ1) is 19.5. The summed E-state index contributed by atoms with van der Waals surface area (Å²) < 4.78 is 38.8. The molecular formula is C21H18ClF3N4. The topological polar surface area (TPSA) is 32.3 Å². The van der Waals surface area contributed by atoms with Crippen molar-refractivity contribution in [1.82, 2.24) is 9.97 Å². The Balaban J connectivity index is 1.41. The van der Waals surface area contributed by atoms with E-state index in [1.165, 1.54) is 12.1 Å². The first-order valence-electron chi connectivity index (χ1n) is 9.15. The Morgan fingerprint density at radius 3 is 2.03 bits per heavy atom. The molecule has 2 heterocycles. The average molecular weight is 419 g/mol. The van der Waals surface area contributed by atoms with E-state index in [-0.39, 0.29) is 0 Å². The minimum Gasteiger partial charge on any atom is -0.368 e. The molecule has 0 unspecified atom stereocenters. The van der Waals surface area contributed by atoms with Crippen molar-refractivity contribution in [1.29, 1.82) is 0 Å². The van der Waals surface area contributed by atoms with Crippen molar-refractivity contribution in [3.8, 4) is 11.1 Å². The Hall–Kier alpha value is -2.80. The quantitative estimate of drug-likeness (QED) is 0.589. The van der Waals surface area contributed by atoms with E-state index in [0.717, 1.165) is 17.2 Å². The molecule has 0 N–H and O–H groups in total. The van der Waals surface area contributed by atoms with E-state index in [1.807, 2.05) is 34.1 Å². The van der Waals surface area contributed by atoms with Gasteiger partial charge in [0.25, 0.3) is 0 Å². The molecule has 0 radical (unpaired) electrons. The predicted molar refractivity (Wildman–Crippen MR) is 108 cm³/mol. The van der Waals surface area contributed by atoms with Crippen molar-refractivity contribution < 1.29 is 13.2 Å². The van der Waals surface area contributed by atoms with Crippen LogP contribution in [0.2, 0.25) is 5.02 Å². The molecule has 2 aromatic carbocycles. The van der Waals surface area contributed by atoms with Crippen molar-refractivity contribution in [2.75, 3.05) is 36.0 Å². The van der Waals surface area contributed by atoms with Crippen LogP contribution in [0.3, 0.4) is 0 Å². The minimum atomic E-state index is -4.34. The first-order chi connectivity index (χ1) is 13.9. The molecule has 4 rings (SSSR count). The SMILES string of the molecule is FC(F)(F)c1cccc(N2CCN(c3ncc(-c4ccc(Cl)cc4)cn3)CC2)c1. The van der Waals surface area contributed by atoms with Crippen LogP contribution in [0.4, 0.5) is 24.8 Å². The van der Waals surface area contributed by atoms with Crippen LogP contribution in [0.25, 0.3) is 11.1 Å². The van der Waals surface area contributed by atoms with Gasteiger partial charge in [-0.15, -0.1) is 0 Å². The molecule has 8 heteroatoms. The van der Waals surface area contributed by atoms with Gasteiger partial charge in [-0.25, -0.2) is 9.97 Å². The zero-order valence-corrected chi connectivity index (χ0v) is 16.2. The van der Waals surface area contributed by atoms with E-state index >= 15 is 0 Å². The summed E-state index contributed by atoms with van der Waals surface area (Å²) in [6, 6.07) is 12.9. The molecule has 0 saturated carbocycles. The third kappa shape index (κ3) is 4.45. The summed E-state index contributed by atoms with van der Waals surface area (Å²) in [4.78, 5) is 12.9. The molecule has 1 saturated heterocycles. The molecule has 1 aliphatic rings. The lowest BCUT2D eigenvalue weighted by Crippen LogP contribution is -2.47. The smallest absolute Gasteiger partial charge is 0.368 e. The van der Waals surface area contributed by atoms with Gasteiger partial charge in [-0.05, 0) is 35.9 Å². The van der Waals surface area contributed by atoms with Gasteiger partial charge in [0.15, 0.2) is 0 Å². The highest BCUT2D eigenvalue weighted by atomic mass is 35.5. The van der Waals surface area contributed by atoms with E-state index < -0.39 is 11.7 Å². The number of hydrogen-bond donors (Lipinski definition) is 0. The molecule has 150 valence electrons. The Morgan fingerprint density at radius 2 is 1.41 bits per heavy atom. The number of piperazine rings is 1. The van der Waals surface area contributed by atoms with Crippen LogP contribution in [-0.2, 0) is 6.18 Å². The molecule has 0 spiro atoms. The lowest BCUT2D eigenvalue weighted by molar-refractivity contribution is -0.137. The van der Waals surface area contributed by atoms with Crippen LogP contribution in [0.5, 0.6) is 0 Å². The molecule has 0 amide bonds. The minimum absolute atomic E-state index is 0.582. The van der Waals surface area contributed by atoms with Crippen LogP contribution in [0.1, 0.15) is 5.56 Å². The van der Waals surface area contributed by atoms with E-state index in [0.29, 0.717) is 42.8 Å². The van der Waals surface area contributed by atoms with Gasteiger partial charge >= 0.3 is 6.18 Å². The molecule has 1 aromatic heterocycles. The summed E-state index contributed by atoms with van der Waals surface area (Å²) in [6.07, 6.45) is -0.799. The van der Waals surface area contributed by atoms with Crippen LogP contribution < -0.4 is 9.80 Å². The van der Waals surface area contributed by atoms with Gasteiger partial charge in [0.05, 0.1) is 5.56 Å². The third-order valence-electron chi connectivity index (χ3n) is 4.92. The van der Waals surface area contributed by atoms with E-state index in [1.54, 1.807) is 18.5 Å². The normalized spacial score (nSPS) is 14.9. The largest absolute Gasteiger partial charge is 0.416 e. The maximum absolute atomic E-state index is 12.9. The van der Waals surface area contributed by atoms with Crippen molar-refractivity contribution in [2.24, 2.45) is 0 Å². The number of anilines is 2. The second-order valence-corrected chi connectivity index (χ2v) is 7.24. The number of aromatic nitrogens is 2. The Kier molecular flexibility index (Phi) is 5.32. The first-order valence-corrected chi connectivity index (χ1v) is 9.53. The summed E-state index contributed by atoms with van der Waals surface area (Å²) in [5.74, 6) is 0.617. The van der Waals surface area contributed by atoms with Crippen LogP contribution in [-0.4, -0.2) is 36.1 Å². The summed E-state index contributed by atoms with van der Waals surface area (Å²) in [5, 5.41) is 0.671. The maximum atomic E-state index is 12.9. The number of benzene rings is 2. The van der Waals surface area contributed by atoms with Gasteiger partial charge in [0.2, 0.25) is 5.95 Å². The van der Waals surface area contributed by atoms with Crippen LogP contribution >= 0.6 is 11.6 Å². The Morgan fingerprint density at radius 1 is 0.793 bits per heavy atom. The third-order valence-corrected chi connectivity index (χ3v) is 5.17. The zero-order valence-electron chi connectivity index (χ0n) is 15.4. The van der Waals surface area contributed by atoms with Crippen LogP contribution in [0.15, 0.2) is 60.9 Å². The van der Waals surface area contributed by atoms with Crippen LogP contribution in [0, 0.1) is 0 Å². The zero-order chi connectivity index (χ0) is 20.4. The van der Waals surface area contributed by atoms with Gasteiger partial charge in [-0.1, -0.05) is 29.8 Å². The van der Waals surface area contributed by atoms with E-state index in [4.69, 9.17) is 11.6 Å². The highest BCUT2D eigenvalue weighted by Crippen LogP contribution is 2.32. The van der Waals surface area contributed by atoms with Crippen molar-refractivity contribution in [2.45, 2.75) is 6.18 Å². The Labute approximate surface area is 171 Å². The van der Waals surface area contributed by atoms with Gasteiger partial charge in [-0.3, -0.25) is 0 Å². The molecule has 0 bridgehead atoms. The molecule has 4 nitrogen and oxygen atoms in total. The maximum Gasteiger partial charge on any atom is 0.416 e.